The van der Waals surface area contributed by atoms with E-state index in [0.717, 1.165) is 0 Å². The number of carbonyl (C=O) groups is 1. The molecule has 2 aromatic heterocycles. The van der Waals surface area contributed by atoms with Crippen LogP contribution >= 0.6 is 7.75 Å². The molecular formula is C23H31N6O9P. The van der Waals surface area contributed by atoms with Crippen molar-refractivity contribution in [1.29, 1.82) is 0 Å². The number of aliphatic hydroxyl groups is 2. The van der Waals surface area contributed by atoms with E-state index in [1.807, 2.05) is 0 Å². The number of imidazole rings is 1. The summed E-state index contributed by atoms with van der Waals surface area (Å²) in [7, 11) is -4.26. The fraction of sp³-hybridized carbons (Fsp3) is 0.478. The van der Waals surface area contributed by atoms with Gasteiger partial charge in [-0.25, -0.2) is 9.55 Å². The number of aromatic amines is 1. The Morgan fingerprint density at radius 2 is 2.03 bits per heavy atom. The highest BCUT2D eigenvalue weighted by Crippen LogP contribution is 2.47. The third-order valence-corrected chi connectivity index (χ3v) is 7.54. The molecular weight excluding hydrogens is 535 g/mol. The largest absolute Gasteiger partial charge is 0.462 e. The number of hydrogen-bond acceptors (Lipinski definition) is 12. The zero-order chi connectivity index (χ0) is 28.5. The molecule has 0 spiro atoms. The van der Waals surface area contributed by atoms with Gasteiger partial charge in [-0.1, -0.05) is 18.2 Å². The third-order valence-electron chi connectivity index (χ3n) is 5.89. The molecule has 0 unspecified atom stereocenters. The van der Waals surface area contributed by atoms with Crippen LogP contribution in [-0.2, 0) is 23.4 Å². The van der Waals surface area contributed by atoms with Crippen molar-refractivity contribution in [2.45, 2.75) is 63.9 Å². The Hall–Kier alpha value is -3.33. The Kier molecular flexibility index (Phi) is 8.12. The first-order valence-electron chi connectivity index (χ1n) is 12.1. The maximum Gasteiger partial charge on any atom is 0.459 e. The first kappa shape index (κ1) is 28.7. The number of benzene rings is 1. The van der Waals surface area contributed by atoms with Crippen molar-refractivity contribution in [2.75, 3.05) is 12.3 Å². The summed E-state index contributed by atoms with van der Waals surface area (Å²) in [5, 5.41) is 24.6. The van der Waals surface area contributed by atoms with Crippen LogP contribution in [0.25, 0.3) is 11.2 Å². The molecule has 0 bridgehead atoms. The average molecular weight is 567 g/mol. The fourth-order valence-electron chi connectivity index (χ4n) is 4.00. The maximum atomic E-state index is 13.7. The monoisotopic (exact) mass is 566 g/mol. The van der Waals surface area contributed by atoms with E-state index < -0.39 is 62.1 Å². The standard InChI is InChI=1S/C23H31N6O9P/c1-12(2)36-20(32)13(3)28-39(34,38-14-8-6-5-7-9-14)35-10-15-17(30)23(4,33)21(37-15)29-11-25-16-18(29)26-22(24)27-19(16)31/h5-9,11-13,15,17,21,30,33H,10H2,1-4H3,(H,28,34)(H3,24,26,27,31)/t13-,15+,17+,21+,23+,39-/m0/s1. The Labute approximate surface area is 222 Å². The summed E-state index contributed by atoms with van der Waals surface area (Å²) in [5.41, 5.74) is 3.11. The fourth-order valence-corrected chi connectivity index (χ4v) is 5.50. The Bertz CT molecular complexity index is 1430. The van der Waals surface area contributed by atoms with Crippen LogP contribution in [-0.4, -0.2) is 72.3 Å². The number of anilines is 1. The molecule has 212 valence electrons. The van der Waals surface area contributed by atoms with Gasteiger partial charge in [0.2, 0.25) is 5.95 Å². The molecule has 1 fully saturated rings. The Morgan fingerprint density at radius 1 is 1.33 bits per heavy atom. The first-order chi connectivity index (χ1) is 18.3. The minimum atomic E-state index is -4.26. The highest BCUT2D eigenvalue weighted by Gasteiger charge is 2.54. The van der Waals surface area contributed by atoms with Crippen molar-refractivity contribution in [3.05, 3.63) is 47.0 Å². The van der Waals surface area contributed by atoms with Crippen molar-refractivity contribution in [1.82, 2.24) is 24.6 Å². The van der Waals surface area contributed by atoms with Gasteiger partial charge in [0.15, 0.2) is 17.4 Å². The molecule has 3 heterocycles. The van der Waals surface area contributed by atoms with E-state index in [1.54, 1.807) is 44.2 Å². The van der Waals surface area contributed by atoms with Gasteiger partial charge in [-0.2, -0.15) is 10.1 Å². The number of rotatable bonds is 10. The van der Waals surface area contributed by atoms with Crippen LogP contribution in [0.2, 0.25) is 0 Å². The second kappa shape index (κ2) is 11.0. The Morgan fingerprint density at radius 3 is 2.69 bits per heavy atom. The van der Waals surface area contributed by atoms with Gasteiger partial charge in [-0.15, -0.1) is 0 Å². The molecule has 0 amide bonds. The zero-order valence-electron chi connectivity index (χ0n) is 21.7. The van der Waals surface area contributed by atoms with Crippen LogP contribution in [0.3, 0.4) is 0 Å². The van der Waals surface area contributed by atoms with Crippen LogP contribution in [0, 0.1) is 0 Å². The number of fused-ring (bicyclic) bond motifs is 1. The van der Waals surface area contributed by atoms with E-state index in [2.05, 4.69) is 20.0 Å². The van der Waals surface area contributed by atoms with Gasteiger partial charge >= 0.3 is 13.7 Å². The van der Waals surface area contributed by atoms with E-state index in [1.165, 1.54) is 24.7 Å². The molecule has 1 aromatic carbocycles. The molecule has 0 aliphatic carbocycles. The summed E-state index contributed by atoms with van der Waals surface area (Å²) < 4.78 is 37.2. The van der Waals surface area contributed by atoms with E-state index in [9.17, 15) is 24.4 Å². The van der Waals surface area contributed by atoms with Crippen LogP contribution in [0.5, 0.6) is 5.75 Å². The number of nitrogens with one attached hydrogen (secondary N) is 2. The average Bonchev–Trinajstić information content (AvgIpc) is 3.36. The lowest BCUT2D eigenvalue weighted by atomic mass is 9.96. The number of aliphatic hydroxyl groups excluding tert-OH is 1. The zero-order valence-corrected chi connectivity index (χ0v) is 22.6. The van der Waals surface area contributed by atoms with Gasteiger partial charge in [0, 0.05) is 0 Å². The summed E-state index contributed by atoms with van der Waals surface area (Å²) in [5.74, 6) is -0.670. The van der Waals surface area contributed by atoms with E-state index in [-0.39, 0.29) is 22.9 Å². The number of nitrogens with zero attached hydrogens (tertiary/aromatic N) is 3. The third kappa shape index (κ3) is 6.13. The molecule has 6 N–H and O–H groups in total. The van der Waals surface area contributed by atoms with Crippen molar-refractivity contribution in [2.24, 2.45) is 0 Å². The smallest absolute Gasteiger partial charge is 0.459 e. The molecule has 1 saturated heterocycles. The molecule has 6 atom stereocenters. The van der Waals surface area contributed by atoms with Gasteiger partial charge in [0.05, 0.1) is 19.0 Å². The number of esters is 1. The van der Waals surface area contributed by atoms with Crippen molar-refractivity contribution < 1.29 is 38.1 Å². The second-order valence-corrected chi connectivity index (χ2v) is 11.2. The highest BCUT2D eigenvalue weighted by molar-refractivity contribution is 7.52. The minimum absolute atomic E-state index is 0.0209. The lowest BCUT2D eigenvalue weighted by molar-refractivity contribution is -0.149. The van der Waals surface area contributed by atoms with Gasteiger partial charge in [0.1, 0.15) is 29.6 Å². The number of aromatic nitrogens is 4. The summed E-state index contributed by atoms with van der Waals surface area (Å²) in [4.78, 5) is 34.9. The molecule has 15 nitrogen and oxygen atoms in total. The van der Waals surface area contributed by atoms with Gasteiger partial charge in [-0.05, 0) is 39.8 Å². The molecule has 1 aliphatic rings. The summed E-state index contributed by atoms with van der Waals surface area (Å²) >= 11 is 0. The quantitative estimate of drug-likeness (QED) is 0.170. The normalized spacial score (nSPS) is 25.5. The topological polar surface area (TPSA) is 213 Å². The van der Waals surface area contributed by atoms with E-state index >= 15 is 0 Å². The molecule has 3 aromatic rings. The van der Waals surface area contributed by atoms with Crippen LogP contribution in [0.1, 0.15) is 33.9 Å². The van der Waals surface area contributed by atoms with Gasteiger partial charge in [-0.3, -0.25) is 23.7 Å². The number of para-hydroxylation sites is 1. The molecule has 4 rings (SSSR count). The predicted octanol–water partition coefficient (Wildman–Crippen LogP) is 0.845. The number of carbonyl (C=O) groups excluding carboxylic acids is 1. The minimum Gasteiger partial charge on any atom is -0.462 e. The number of ether oxygens (including phenoxy) is 2. The predicted molar refractivity (Wildman–Crippen MR) is 138 cm³/mol. The van der Waals surface area contributed by atoms with Gasteiger partial charge in [0.25, 0.3) is 5.56 Å². The van der Waals surface area contributed by atoms with Crippen LogP contribution in [0.15, 0.2) is 41.5 Å². The number of H-pyrrole nitrogens is 1. The molecule has 16 heteroatoms. The molecule has 1 aliphatic heterocycles. The maximum absolute atomic E-state index is 13.7. The van der Waals surface area contributed by atoms with Crippen molar-refractivity contribution in [3.8, 4) is 5.75 Å². The summed E-state index contributed by atoms with van der Waals surface area (Å²) in [6.45, 7) is 5.56. The van der Waals surface area contributed by atoms with Crippen LogP contribution < -0.4 is 20.9 Å². The summed E-state index contributed by atoms with van der Waals surface area (Å²) in [6.07, 6.45) is -3.24. The SMILES string of the molecule is CC(C)OC(=O)[C@H](C)N[P@](=O)(OC[C@H]1O[C@@H](n2cnc3c(=O)[nH]c(N)nc32)[C@](C)(O)[C@@H]1O)Oc1ccccc1. The second-order valence-electron chi connectivity index (χ2n) is 9.51. The summed E-state index contributed by atoms with van der Waals surface area (Å²) in [6, 6.07) is 7.04. The highest BCUT2D eigenvalue weighted by atomic mass is 31.2. The first-order valence-corrected chi connectivity index (χ1v) is 13.6. The molecule has 0 saturated carbocycles. The molecule has 39 heavy (non-hydrogen) atoms. The van der Waals surface area contributed by atoms with Crippen molar-refractivity contribution >= 4 is 30.8 Å². The van der Waals surface area contributed by atoms with E-state index in [0.29, 0.717) is 0 Å². The van der Waals surface area contributed by atoms with Gasteiger partial charge < -0.3 is 29.9 Å². The number of hydrogen-bond donors (Lipinski definition) is 5. The number of nitrogen functional groups attached to an aromatic ring is 1. The van der Waals surface area contributed by atoms with E-state index in [4.69, 9.17) is 24.3 Å². The lowest BCUT2D eigenvalue weighted by Crippen LogP contribution is -2.44. The van der Waals surface area contributed by atoms with Crippen LogP contribution in [0.4, 0.5) is 5.95 Å². The van der Waals surface area contributed by atoms with Crippen molar-refractivity contribution in [3.63, 3.8) is 0 Å². The molecule has 0 radical (unpaired) electrons. The Balaban J connectivity index is 1.56. The number of nitrogens with two attached hydrogens (primary N) is 1. The lowest BCUT2D eigenvalue weighted by Gasteiger charge is -2.27.